The molecule has 0 bridgehead atoms. The molecule has 0 atom stereocenters. The van der Waals surface area contributed by atoms with Crippen molar-refractivity contribution < 1.29 is 4.79 Å². The fraction of sp³-hybridized carbons (Fsp3) is 0.364. The molecule has 2 aromatic heterocycles. The van der Waals surface area contributed by atoms with Crippen LogP contribution in [0.4, 0.5) is 10.9 Å². The predicted molar refractivity (Wildman–Crippen MR) is 67.9 cm³/mol. The van der Waals surface area contributed by atoms with Gasteiger partial charge in [-0.15, -0.1) is 0 Å². The van der Waals surface area contributed by atoms with Gasteiger partial charge in [-0.3, -0.25) is 9.48 Å². The average molecular weight is 250 g/mol. The zero-order chi connectivity index (χ0) is 12.1. The van der Waals surface area contributed by atoms with Crippen LogP contribution in [0.3, 0.4) is 0 Å². The van der Waals surface area contributed by atoms with E-state index < -0.39 is 0 Å². The molecule has 0 fully saturated rings. The van der Waals surface area contributed by atoms with Crippen LogP contribution in [0.5, 0.6) is 0 Å². The van der Waals surface area contributed by atoms with Gasteiger partial charge in [-0.1, -0.05) is 24.7 Å². The number of thiazole rings is 1. The van der Waals surface area contributed by atoms with Gasteiger partial charge in [0.25, 0.3) is 0 Å². The van der Waals surface area contributed by atoms with Crippen molar-refractivity contribution in [2.24, 2.45) is 0 Å². The van der Waals surface area contributed by atoms with E-state index in [2.05, 4.69) is 22.3 Å². The lowest BCUT2D eigenvalue weighted by Gasteiger charge is -1.99. The largest absolute Gasteiger partial charge is 0.315 e. The zero-order valence-electron chi connectivity index (χ0n) is 9.59. The number of aryl methyl sites for hydroxylation is 1. The molecular weight excluding hydrogens is 236 g/mol. The lowest BCUT2D eigenvalue weighted by atomic mass is 10.3. The zero-order valence-corrected chi connectivity index (χ0v) is 10.4. The molecule has 17 heavy (non-hydrogen) atoms. The van der Waals surface area contributed by atoms with E-state index in [-0.39, 0.29) is 0 Å². The highest BCUT2D eigenvalue weighted by molar-refractivity contribution is 7.17. The van der Waals surface area contributed by atoms with Crippen LogP contribution < -0.4 is 5.32 Å². The summed E-state index contributed by atoms with van der Waals surface area (Å²) >= 11 is 1.32. The number of aldehydes is 1. The molecular formula is C11H14N4OS. The summed E-state index contributed by atoms with van der Waals surface area (Å²) in [5, 5.41) is 8.12. The van der Waals surface area contributed by atoms with E-state index in [0.717, 1.165) is 31.5 Å². The quantitative estimate of drug-likeness (QED) is 0.801. The Hall–Kier alpha value is -1.69. The van der Waals surface area contributed by atoms with Crippen molar-refractivity contribution in [2.75, 3.05) is 5.32 Å². The van der Waals surface area contributed by atoms with Gasteiger partial charge in [0.2, 0.25) is 0 Å². The number of carbonyl (C=O) groups excluding carboxylic acids is 1. The molecule has 0 saturated carbocycles. The van der Waals surface area contributed by atoms with Gasteiger partial charge in [-0.25, -0.2) is 4.98 Å². The molecule has 2 rings (SSSR count). The first-order valence-corrected chi connectivity index (χ1v) is 6.35. The summed E-state index contributed by atoms with van der Waals surface area (Å²) in [6.07, 6.45) is 6.55. The first-order valence-electron chi connectivity index (χ1n) is 5.53. The Labute approximate surface area is 103 Å². The molecule has 6 heteroatoms. The van der Waals surface area contributed by atoms with Gasteiger partial charge in [0.05, 0.1) is 11.1 Å². The van der Waals surface area contributed by atoms with E-state index in [1.165, 1.54) is 11.3 Å². The summed E-state index contributed by atoms with van der Waals surface area (Å²) in [5.74, 6) is 0.757. The van der Waals surface area contributed by atoms with Gasteiger partial charge in [0.1, 0.15) is 0 Å². The maximum atomic E-state index is 10.5. The van der Waals surface area contributed by atoms with Gasteiger partial charge in [0, 0.05) is 18.8 Å². The fourth-order valence-corrected chi connectivity index (χ4v) is 2.02. The molecule has 0 radical (unpaired) electrons. The summed E-state index contributed by atoms with van der Waals surface area (Å²) in [6.45, 7) is 3.08. The van der Waals surface area contributed by atoms with Crippen molar-refractivity contribution in [3.8, 4) is 0 Å². The molecule has 0 aliphatic rings. The van der Waals surface area contributed by atoms with Gasteiger partial charge < -0.3 is 5.32 Å². The van der Waals surface area contributed by atoms with Crippen molar-refractivity contribution in [1.29, 1.82) is 0 Å². The minimum Gasteiger partial charge on any atom is -0.315 e. The number of carbonyl (C=O) groups is 1. The minimum absolute atomic E-state index is 0.609. The Kier molecular flexibility index (Phi) is 3.87. The first-order chi connectivity index (χ1) is 8.31. The van der Waals surface area contributed by atoms with Gasteiger partial charge in [-0.2, -0.15) is 5.10 Å². The van der Waals surface area contributed by atoms with E-state index in [9.17, 15) is 4.79 Å². The molecule has 0 spiro atoms. The van der Waals surface area contributed by atoms with Crippen LogP contribution in [0, 0.1) is 0 Å². The highest BCUT2D eigenvalue weighted by Crippen LogP contribution is 2.20. The predicted octanol–water partition coefficient (Wildman–Crippen LogP) is 2.70. The molecule has 2 aromatic rings. The van der Waals surface area contributed by atoms with Gasteiger partial charge in [-0.05, 0) is 6.42 Å². The molecule has 90 valence electrons. The smallest absolute Gasteiger partial charge is 0.188 e. The molecule has 0 saturated heterocycles. The monoisotopic (exact) mass is 250 g/mol. The molecule has 0 aliphatic carbocycles. The van der Waals surface area contributed by atoms with Crippen LogP contribution in [0.2, 0.25) is 0 Å². The number of rotatable bonds is 6. The maximum Gasteiger partial charge on any atom is 0.188 e. The molecule has 1 N–H and O–H groups in total. The van der Waals surface area contributed by atoms with E-state index in [1.807, 2.05) is 16.9 Å². The molecule has 5 nitrogen and oxygen atoms in total. The number of nitrogens with zero attached hydrogens (tertiary/aromatic N) is 3. The summed E-state index contributed by atoms with van der Waals surface area (Å²) in [6, 6.07) is 1.90. The molecule has 0 aromatic carbocycles. The second-order valence-corrected chi connectivity index (χ2v) is 4.69. The Bertz CT molecular complexity index is 491. The van der Waals surface area contributed by atoms with Gasteiger partial charge in [0.15, 0.2) is 17.2 Å². The van der Waals surface area contributed by atoms with Crippen LogP contribution in [0.1, 0.15) is 29.4 Å². The standard InChI is InChI=1S/C11H14N4OS/c1-2-3-5-15-6-4-10(14-15)13-11-12-7-9(8-16)17-11/h4,6-8H,2-3,5H2,1H3,(H,12,13,14). The van der Waals surface area contributed by atoms with E-state index in [4.69, 9.17) is 0 Å². The summed E-state index contributed by atoms with van der Waals surface area (Å²) in [4.78, 5) is 15.2. The first kappa shape index (κ1) is 11.8. The van der Waals surface area contributed by atoms with Gasteiger partial charge >= 0.3 is 0 Å². The summed E-state index contributed by atoms with van der Waals surface area (Å²) in [5.41, 5.74) is 0. The van der Waals surface area contributed by atoms with Crippen LogP contribution in [0.25, 0.3) is 0 Å². The number of hydrogen-bond donors (Lipinski definition) is 1. The highest BCUT2D eigenvalue weighted by atomic mass is 32.1. The highest BCUT2D eigenvalue weighted by Gasteiger charge is 2.03. The van der Waals surface area contributed by atoms with E-state index >= 15 is 0 Å². The Morgan fingerprint density at radius 2 is 2.47 bits per heavy atom. The maximum absolute atomic E-state index is 10.5. The molecule has 0 aliphatic heterocycles. The van der Waals surface area contributed by atoms with Crippen molar-refractivity contribution in [3.05, 3.63) is 23.3 Å². The van der Waals surface area contributed by atoms with Crippen LogP contribution >= 0.6 is 11.3 Å². The van der Waals surface area contributed by atoms with Crippen molar-refractivity contribution in [1.82, 2.24) is 14.8 Å². The minimum atomic E-state index is 0.609. The topological polar surface area (TPSA) is 59.8 Å². The normalized spacial score (nSPS) is 10.4. The summed E-state index contributed by atoms with van der Waals surface area (Å²) in [7, 11) is 0. The van der Waals surface area contributed by atoms with Crippen molar-refractivity contribution in [3.63, 3.8) is 0 Å². The third kappa shape index (κ3) is 3.13. The molecule has 0 unspecified atom stereocenters. The average Bonchev–Trinajstić information content (AvgIpc) is 2.96. The number of unbranched alkanes of at least 4 members (excludes halogenated alkanes) is 1. The van der Waals surface area contributed by atoms with E-state index in [0.29, 0.717) is 10.0 Å². The van der Waals surface area contributed by atoms with Crippen molar-refractivity contribution >= 4 is 28.6 Å². The lowest BCUT2D eigenvalue weighted by Crippen LogP contribution is -1.99. The van der Waals surface area contributed by atoms with Crippen LogP contribution in [-0.2, 0) is 6.54 Å². The molecule has 2 heterocycles. The van der Waals surface area contributed by atoms with Crippen molar-refractivity contribution in [2.45, 2.75) is 26.3 Å². The Balaban J connectivity index is 1.98. The second kappa shape index (κ2) is 5.58. The third-order valence-electron chi connectivity index (χ3n) is 2.26. The number of hydrogen-bond acceptors (Lipinski definition) is 5. The molecule has 0 amide bonds. The lowest BCUT2D eigenvalue weighted by molar-refractivity contribution is 0.112. The van der Waals surface area contributed by atoms with Crippen LogP contribution in [0.15, 0.2) is 18.5 Å². The number of aromatic nitrogens is 3. The summed E-state index contributed by atoms with van der Waals surface area (Å²) < 4.78 is 1.90. The number of anilines is 2. The third-order valence-corrected chi connectivity index (χ3v) is 3.09. The Morgan fingerprint density at radius 1 is 1.59 bits per heavy atom. The second-order valence-electron chi connectivity index (χ2n) is 3.63. The van der Waals surface area contributed by atoms with Crippen LogP contribution in [-0.4, -0.2) is 21.1 Å². The van der Waals surface area contributed by atoms with E-state index in [1.54, 1.807) is 6.20 Å². The number of nitrogens with one attached hydrogen (secondary N) is 1. The fourth-order valence-electron chi connectivity index (χ4n) is 1.38. The SMILES string of the molecule is CCCCn1ccc(Nc2ncc(C=O)s2)n1. The Morgan fingerprint density at radius 3 is 3.18 bits per heavy atom.